The summed E-state index contributed by atoms with van der Waals surface area (Å²) in [5.41, 5.74) is 5.72. The highest BCUT2D eigenvalue weighted by Gasteiger charge is 2.07. The van der Waals surface area contributed by atoms with E-state index < -0.39 is 5.91 Å². The Morgan fingerprint density at radius 3 is 2.55 bits per heavy atom. The van der Waals surface area contributed by atoms with Crippen LogP contribution in [0.5, 0.6) is 11.5 Å². The maximum absolute atomic E-state index is 11.1. The lowest BCUT2D eigenvalue weighted by molar-refractivity contribution is -0.697. The number of nitrogens with two attached hydrogens (primary N) is 1. The normalized spacial score (nSPS) is 10.1. The summed E-state index contributed by atoms with van der Waals surface area (Å²) in [7, 11) is 1.62. The molecular weight excluding hydrogens is 256 g/mol. The van der Waals surface area contributed by atoms with E-state index in [-0.39, 0.29) is 0 Å². The average molecular weight is 273 g/mol. The SMILES string of the molecule is COc1ccc(OCC[n+]2cccc(C(N)=O)c2)cc1. The number of hydrogen-bond donors (Lipinski definition) is 1. The number of primary amides is 1. The van der Waals surface area contributed by atoms with Gasteiger partial charge in [-0.3, -0.25) is 4.79 Å². The van der Waals surface area contributed by atoms with Gasteiger partial charge in [0, 0.05) is 6.07 Å². The van der Waals surface area contributed by atoms with Gasteiger partial charge in [0.15, 0.2) is 18.9 Å². The van der Waals surface area contributed by atoms with Crippen molar-refractivity contribution in [3.63, 3.8) is 0 Å². The number of aromatic nitrogens is 1. The molecule has 2 N–H and O–H groups in total. The average Bonchev–Trinajstić information content (AvgIpc) is 2.48. The van der Waals surface area contributed by atoms with Gasteiger partial charge < -0.3 is 15.2 Å². The predicted molar refractivity (Wildman–Crippen MR) is 73.6 cm³/mol. The summed E-state index contributed by atoms with van der Waals surface area (Å²) >= 11 is 0. The van der Waals surface area contributed by atoms with E-state index in [1.165, 1.54) is 0 Å². The predicted octanol–water partition coefficient (Wildman–Crippen LogP) is 1.16. The molecule has 2 rings (SSSR count). The van der Waals surface area contributed by atoms with Gasteiger partial charge in [-0.1, -0.05) is 0 Å². The van der Waals surface area contributed by atoms with Crippen molar-refractivity contribution < 1.29 is 18.8 Å². The molecule has 0 saturated carbocycles. The second kappa shape index (κ2) is 6.56. The Kier molecular flexibility index (Phi) is 4.55. The highest BCUT2D eigenvalue weighted by Crippen LogP contribution is 2.16. The molecule has 104 valence electrons. The first kappa shape index (κ1) is 13.9. The van der Waals surface area contributed by atoms with Gasteiger partial charge in [0.1, 0.15) is 23.7 Å². The third-order valence-corrected chi connectivity index (χ3v) is 2.82. The van der Waals surface area contributed by atoms with Crippen LogP contribution < -0.4 is 19.8 Å². The van der Waals surface area contributed by atoms with Crippen molar-refractivity contribution >= 4 is 5.91 Å². The molecule has 0 radical (unpaired) electrons. The lowest BCUT2D eigenvalue weighted by Gasteiger charge is -2.05. The minimum atomic E-state index is -0.435. The van der Waals surface area contributed by atoms with E-state index in [1.54, 1.807) is 25.4 Å². The minimum absolute atomic E-state index is 0.435. The first-order chi connectivity index (χ1) is 9.69. The number of carbonyl (C=O) groups excluding carboxylic acids is 1. The van der Waals surface area contributed by atoms with Crippen molar-refractivity contribution in [2.24, 2.45) is 5.73 Å². The summed E-state index contributed by atoms with van der Waals surface area (Å²) in [5.74, 6) is 1.13. The Morgan fingerprint density at radius 1 is 1.20 bits per heavy atom. The van der Waals surface area contributed by atoms with Gasteiger partial charge in [0.25, 0.3) is 5.91 Å². The maximum Gasteiger partial charge on any atom is 0.254 e. The van der Waals surface area contributed by atoms with Crippen molar-refractivity contribution in [2.45, 2.75) is 6.54 Å². The molecule has 0 saturated heterocycles. The molecule has 0 unspecified atom stereocenters. The van der Waals surface area contributed by atoms with Gasteiger partial charge >= 0.3 is 0 Å². The summed E-state index contributed by atoms with van der Waals surface area (Å²) in [6.45, 7) is 1.13. The van der Waals surface area contributed by atoms with Crippen LogP contribution in [-0.2, 0) is 6.54 Å². The van der Waals surface area contributed by atoms with Gasteiger partial charge in [-0.25, -0.2) is 4.57 Å². The molecule has 1 heterocycles. The number of ether oxygens (including phenoxy) is 2. The van der Waals surface area contributed by atoms with Crippen LogP contribution in [0, 0.1) is 0 Å². The van der Waals surface area contributed by atoms with E-state index >= 15 is 0 Å². The number of amides is 1. The first-order valence-corrected chi connectivity index (χ1v) is 6.25. The highest BCUT2D eigenvalue weighted by molar-refractivity contribution is 5.92. The second-order valence-corrected chi connectivity index (χ2v) is 4.22. The van der Waals surface area contributed by atoms with E-state index in [0.29, 0.717) is 18.7 Å². The third kappa shape index (κ3) is 3.71. The minimum Gasteiger partial charge on any atom is -0.497 e. The topological polar surface area (TPSA) is 65.4 Å². The summed E-state index contributed by atoms with van der Waals surface area (Å²) in [6, 6.07) is 10.9. The van der Waals surface area contributed by atoms with Crippen LogP contribution in [0.25, 0.3) is 0 Å². The van der Waals surface area contributed by atoms with Crippen molar-refractivity contribution in [3.8, 4) is 11.5 Å². The molecule has 0 aliphatic rings. The Hall–Kier alpha value is -2.56. The maximum atomic E-state index is 11.1. The van der Waals surface area contributed by atoms with Gasteiger partial charge in [-0.15, -0.1) is 0 Å². The fourth-order valence-electron chi connectivity index (χ4n) is 1.75. The van der Waals surface area contributed by atoms with E-state index in [9.17, 15) is 4.79 Å². The van der Waals surface area contributed by atoms with E-state index in [1.807, 2.05) is 35.0 Å². The molecule has 1 aromatic heterocycles. The Labute approximate surface area is 117 Å². The molecule has 1 amide bonds. The zero-order valence-corrected chi connectivity index (χ0v) is 11.3. The van der Waals surface area contributed by atoms with E-state index in [0.717, 1.165) is 11.5 Å². The fraction of sp³-hybridized carbons (Fsp3) is 0.200. The summed E-state index contributed by atoms with van der Waals surface area (Å²) < 4.78 is 12.6. The molecule has 0 aliphatic carbocycles. The van der Waals surface area contributed by atoms with Crippen molar-refractivity contribution in [1.82, 2.24) is 0 Å². The number of methoxy groups -OCH3 is 1. The van der Waals surface area contributed by atoms with Crippen LogP contribution in [0.3, 0.4) is 0 Å². The fourth-order valence-corrected chi connectivity index (χ4v) is 1.75. The lowest BCUT2D eigenvalue weighted by Crippen LogP contribution is -2.37. The van der Waals surface area contributed by atoms with Crippen LogP contribution in [-0.4, -0.2) is 19.6 Å². The third-order valence-electron chi connectivity index (χ3n) is 2.82. The molecule has 2 aromatic rings. The molecule has 5 nitrogen and oxygen atoms in total. The molecule has 20 heavy (non-hydrogen) atoms. The molecule has 0 atom stereocenters. The summed E-state index contributed by atoms with van der Waals surface area (Å²) in [6.07, 6.45) is 3.57. The van der Waals surface area contributed by atoms with Crippen LogP contribution in [0.15, 0.2) is 48.8 Å². The Morgan fingerprint density at radius 2 is 1.90 bits per heavy atom. The van der Waals surface area contributed by atoms with E-state index in [4.69, 9.17) is 15.2 Å². The molecule has 0 aliphatic heterocycles. The standard InChI is InChI=1S/C15H16N2O3/c1-19-13-4-6-14(7-5-13)20-10-9-17-8-2-3-12(11-17)15(16)18/h2-8,11H,9-10H2,1H3,(H-,16,18)/p+1. The zero-order chi connectivity index (χ0) is 14.4. The number of carbonyl (C=O) groups is 1. The molecular formula is C15H17N2O3+. The monoisotopic (exact) mass is 273 g/mol. The van der Waals surface area contributed by atoms with Gasteiger partial charge in [0.2, 0.25) is 0 Å². The summed E-state index contributed by atoms with van der Waals surface area (Å²) in [4.78, 5) is 11.1. The Balaban J connectivity index is 1.88. The molecule has 1 aromatic carbocycles. The molecule has 5 heteroatoms. The lowest BCUT2D eigenvalue weighted by atomic mass is 10.3. The van der Waals surface area contributed by atoms with Gasteiger partial charge in [-0.2, -0.15) is 0 Å². The number of nitrogens with zero attached hydrogens (tertiary/aromatic N) is 1. The van der Waals surface area contributed by atoms with Crippen molar-refractivity contribution in [1.29, 1.82) is 0 Å². The smallest absolute Gasteiger partial charge is 0.254 e. The first-order valence-electron chi connectivity index (χ1n) is 6.25. The molecule has 0 bridgehead atoms. The molecule has 0 fully saturated rings. The number of rotatable bonds is 6. The summed E-state index contributed by atoms with van der Waals surface area (Å²) in [5, 5.41) is 0. The quantitative estimate of drug-likeness (QED) is 0.803. The highest BCUT2D eigenvalue weighted by atomic mass is 16.5. The van der Waals surface area contributed by atoms with Crippen molar-refractivity contribution in [2.75, 3.05) is 13.7 Å². The largest absolute Gasteiger partial charge is 0.497 e. The van der Waals surface area contributed by atoms with Gasteiger partial charge in [0.05, 0.1) is 7.11 Å². The number of benzene rings is 1. The molecule has 0 spiro atoms. The van der Waals surface area contributed by atoms with Crippen molar-refractivity contribution in [3.05, 3.63) is 54.4 Å². The number of pyridine rings is 1. The Bertz CT molecular complexity index is 582. The van der Waals surface area contributed by atoms with Crippen LogP contribution in [0.2, 0.25) is 0 Å². The zero-order valence-electron chi connectivity index (χ0n) is 11.3. The van der Waals surface area contributed by atoms with Crippen LogP contribution in [0.4, 0.5) is 0 Å². The van der Waals surface area contributed by atoms with Crippen LogP contribution in [0.1, 0.15) is 10.4 Å². The van der Waals surface area contributed by atoms with E-state index in [2.05, 4.69) is 0 Å². The van der Waals surface area contributed by atoms with Gasteiger partial charge in [-0.05, 0) is 30.3 Å². The number of hydrogen-bond acceptors (Lipinski definition) is 3. The second-order valence-electron chi connectivity index (χ2n) is 4.22. The van der Waals surface area contributed by atoms with Crippen LogP contribution >= 0.6 is 0 Å².